The highest BCUT2D eigenvalue weighted by Gasteiger charge is 2.07. The molecule has 0 nitrogen and oxygen atoms in total. The highest BCUT2D eigenvalue weighted by atomic mass is 14.1. The number of hydrogen-bond acceptors (Lipinski definition) is 0. The molecule has 1 aromatic rings. The summed E-state index contributed by atoms with van der Waals surface area (Å²) in [7, 11) is 0. The Bertz CT molecular complexity index is 228. The second-order valence-electron chi connectivity index (χ2n) is 4.35. The van der Waals surface area contributed by atoms with E-state index >= 15 is 0 Å². The Balaban J connectivity index is 0. The number of fused-ring (bicyclic) bond motifs is 1. The second-order valence-corrected chi connectivity index (χ2v) is 4.35. The van der Waals surface area contributed by atoms with Crippen molar-refractivity contribution in [1.82, 2.24) is 0 Å². The first-order valence-corrected chi connectivity index (χ1v) is 6.27. The lowest BCUT2D eigenvalue weighted by molar-refractivity contribution is 0.737. The molecule has 2 rings (SSSR count). The average Bonchev–Trinajstić information content (AvgIpc) is 2.67. The summed E-state index contributed by atoms with van der Waals surface area (Å²) in [5.41, 5.74) is 3.13. The fraction of sp³-hybridized carbons (Fsp3) is 0.600. The van der Waals surface area contributed by atoms with Gasteiger partial charge in [-0.2, -0.15) is 0 Å². The van der Waals surface area contributed by atoms with Crippen LogP contribution in [0.2, 0.25) is 0 Å². The van der Waals surface area contributed by atoms with Crippen molar-refractivity contribution in [3.05, 3.63) is 35.4 Å². The molecule has 0 saturated heterocycles. The normalized spacial score (nSPS) is 11.4. The van der Waals surface area contributed by atoms with Gasteiger partial charge in [-0.25, -0.2) is 0 Å². The van der Waals surface area contributed by atoms with Crippen molar-refractivity contribution < 1.29 is 0 Å². The topological polar surface area (TPSA) is 0 Å². The number of hydrogen-bond donors (Lipinski definition) is 0. The van der Waals surface area contributed by atoms with E-state index in [-0.39, 0.29) is 8.41 Å². The molecule has 0 unspecified atom stereocenters. The van der Waals surface area contributed by atoms with E-state index < -0.39 is 0 Å². The van der Waals surface area contributed by atoms with Crippen LogP contribution in [0.25, 0.3) is 0 Å². The standard InChI is InChI=1S/C9H10.C4H10.C2H6.B/c1-2-5-9-7-3-6-8(9)4-1;1-4(2)3;1-2;/h1-2,4-5H,3,6-7H2;4H,1-3H3;1-2H3;. The van der Waals surface area contributed by atoms with Crippen molar-refractivity contribution in [3.63, 3.8) is 0 Å². The molecule has 1 aliphatic carbocycles. The van der Waals surface area contributed by atoms with E-state index in [1.165, 1.54) is 19.3 Å². The Morgan fingerprint density at radius 3 is 1.50 bits per heavy atom. The van der Waals surface area contributed by atoms with Crippen molar-refractivity contribution in [2.24, 2.45) is 5.92 Å². The summed E-state index contributed by atoms with van der Waals surface area (Å²) < 4.78 is 0. The first-order chi connectivity index (χ1) is 7.20. The molecular weight excluding hydrogens is 191 g/mol. The molecule has 16 heavy (non-hydrogen) atoms. The smallest absolute Gasteiger partial charge is 0 e. The van der Waals surface area contributed by atoms with Gasteiger partial charge < -0.3 is 0 Å². The van der Waals surface area contributed by atoms with Gasteiger partial charge in [0.2, 0.25) is 0 Å². The van der Waals surface area contributed by atoms with E-state index in [9.17, 15) is 0 Å². The van der Waals surface area contributed by atoms with Crippen LogP contribution in [0, 0.1) is 5.92 Å². The lowest BCUT2D eigenvalue weighted by Gasteiger charge is -1.93. The van der Waals surface area contributed by atoms with Crippen molar-refractivity contribution in [1.29, 1.82) is 0 Å². The van der Waals surface area contributed by atoms with Gasteiger partial charge in [0.25, 0.3) is 0 Å². The lowest BCUT2D eigenvalue weighted by atomic mass is 10.1. The third-order valence-electron chi connectivity index (χ3n) is 2.01. The predicted molar refractivity (Wildman–Crippen MR) is 76.1 cm³/mol. The van der Waals surface area contributed by atoms with Crippen LogP contribution in [-0.2, 0) is 12.8 Å². The van der Waals surface area contributed by atoms with E-state index in [1.54, 1.807) is 11.1 Å². The molecule has 0 saturated carbocycles. The second kappa shape index (κ2) is 10.8. The molecule has 0 fully saturated rings. The van der Waals surface area contributed by atoms with Crippen LogP contribution in [-0.4, -0.2) is 8.41 Å². The van der Waals surface area contributed by atoms with Crippen LogP contribution < -0.4 is 0 Å². The SMILES string of the molecule is CC.CC(C)C.[B].c1ccc2c(c1)CCC2. The molecule has 0 bridgehead atoms. The van der Waals surface area contributed by atoms with Gasteiger partial charge >= 0.3 is 0 Å². The lowest BCUT2D eigenvalue weighted by Crippen LogP contribution is -1.77. The zero-order chi connectivity index (χ0) is 11.7. The van der Waals surface area contributed by atoms with Gasteiger partial charge in [-0.3, -0.25) is 0 Å². The zero-order valence-electron chi connectivity index (χ0n) is 11.6. The van der Waals surface area contributed by atoms with Gasteiger partial charge in [0.15, 0.2) is 0 Å². The molecule has 0 N–H and O–H groups in total. The number of benzene rings is 1. The summed E-state index contributed by atoms with van der Waals surface area (Å²) in [6, 6.07) is 8.74. The van der Waals surface area contributed by atoms with Crippen LogP contribution in [0.3, 0.4) is 0 Å². The molecule has 0 spiro atoms. The van der Waals surface area contributed by atoms with E-state index in [1.807, 2.05) is 13.8 Å². The summed E-state index contributed by atoms with van der Waals surface area (Å²) in [6.45, 7) is 10.5. The van der Waals surface area contributed by atoms with Gasteiger partial charge in [-0.15, -0.1) is 0 Å². The minimum absolute atomic E-state index is 0. The first-order valence-electron chi connectivity index (χ1n) is 6.27. The summed E-state index contributed by atoms with van der Waals surface area (Å²) >= 11 is 0. The van der Waals surface area contributed by atoms with Crippen LogP contribution in [0.1, 0.15) is 52.2 Å². The number of rotatable bonds is 0. The Morgan fingerprint density at radius 1 is 0.875 bits per heavy atom. The quantitative estimate of drug-likeness (QED) is 0.562. The van der Waals surface area contributed by atoms with Crippen LogP contribution >= 0.6 is 0 Å². The third kappa shape index (κ3) is 7.56. The molecule has 89 valence electrons. The van der Waals surface area contributed by atoms with Gasteiger partial charge in [-0.05, 0) is 36.3 Å². The maximum Gasteiger partial charge on any atom is 0 e. The molecule has 0 aromatic heterocycles. The fourth-order valence-electron chi connectivity index (χ4n) is 1.51. The molecule has 0 heterocycles. The van der Waals surface area contributed by atoms with E-state index in [2.05, 4.69) is 45.0 Å². The third-order valence-corrected chi connectivity index (χ3v) is 2.01. The monoisotopic (exact) mass is 217 g/mol. The summed E-state index contributed by atoms with van der Waals surface area (Å²) in [5, 5.41) is 0. The fourth-order valence-corrected chi connectivity index (χ4v) is 1.51. The Hall–Kier alpha value is -0.715. The van der Waals surface area contributed by atoms with Gasteiger partial charge in [0, 0.05) is 8.41 Å². The van der Waals surface area contributed by atoms with E-state index in [0.717, 1.165) is 5.92 Å². The molecule has 1 aliphatic rings. The summed E-state index contributed by atoms with van der Waals surface area (Å²) in [6.07, 6.45) is 3.96. The molecular formula is C15H26B. The van der Waals surface area contributed by atoms with Gasteiger partial charge in [0.05, 0.1) is 0 Å². The molecule has 0 amide bonds. The maximum atomic E-state index is 2.24. The number of aryl methyl sites for hydroxylation is 2. The molecule has 1 heteroatoms. The van der Waals surface area contributed by atoms with Crippen molar-refractivity contribution in [3.8, 4) is 0 Å². The highest BCUT2D eigenvalue weighted by Crippen LogP contribution is 2.20. The van der Waals surface area contributed by atoms with Crippen LogP contribution in [0.5, 0.6) is 0 Å². The van der Waals surface area contributed by atoms with Gasteiger partial charge in [0.1, 0.15) is 0 Å². The van der Waals surface area contributed by atoms with Gasteiger partial charge in [-0.1, -0.05) is 58.9 Å². The van der Waals surface area contributed by atoms with Crippen molar-refractivity contribution >= 4 is 8.41 Å². The minimum Gasteiger partial charge on any atom is -0.0683 e. The minimum atomic E-state index is 0. The molecule has 3 radical (unpaired) electrons. The predicted octanol–water partition coefficient (Wildman–Crippen LogP) is 4.48. The summed E-state index contributed by atoms with van der Waals surface area (Å²) in [5.74, 6) is 0.833. The average molecular weight is 217 g/mol. The summed E-state index contributed by atoms with van der Waals surface area (Å²) in [4.78, 5) is 0. The van der Waals surface area contributed by atoms with Crippen LogP contribution in [0.15, 0.2) is 24.3 Å². The molecule has 1 aromatic carbocycles. The van der Waals surface area contributed by atoms with E-state index in [0.29, 0.717) is 0 Å². The molecule has 0 atom stereocenters. The van der Waals surface area contributed by atoms with Crippen molar-refractivity contribution in [2.45, 2.75) is 53.9 Å². The largest absolute Gasteiger partial charge is 0.0683 e. The molecule has 0 aliphatic heterocycles. The Kier molecular flexibility index (Phi) is 11.9. The highest BCUT2D eigenvalue weighted by molar-refractivity contribution is 5.75. The van der Waals surface area contributed by atoms with E-state index in [4.69, 9.17) is 0 Å². The van der Waals surface area contributed by atoms with Crippen molar-refractivity contribution in [2.75, 3.05) is 0 Å². The zero-order valence-corrected chi connectivity index (χ0v) is 11.6. The maximum absolute atomic E-state index is 2.24. The Morgan fingerprint density at radius 2 is 1.19 bits per heavy atom. The van der Waals surface area contributed by atoms with Crippen LogP contribution in [0.4, 0.5) is 0 Å². The Labute approximate surface area is 104 Å². The first kappa shape index (κ1) is 17.7.